The van der Waals surface area contributed by atoms with Gasteiger partial charge in [0.15, 0.2) is 0 Å². The van der Waals surface area contributed by atoms with Crippen LogP contribution in [0.1, 0.15) is 42.6 Å². The number of aromatic nitrogens is 1. The molecule has 3 unspecified atom stereocenters. The van der Waals surface area contributed by atoms with E-state index < -0.39 is 12.0 Å². The van der Waals surface area contributed by atoms with E-state index in [0.29, 0.717) is 18.0 Å². The van der Waals surface area contributed by atoms with Crippen molar-refractivity contribution < 1.29 is 14.7 Å². The van der Waals surface area contributed by atoms with Crippen LogP contribution >= 0.6 is 0 Å². The van der Waals surface area contributed by atoms with Gasteiger partial charge in [0, 0.05) is 6.04 Å². The third-order valence-corrected chi connectivity index (χ3v) is 4.61. The summed E-state index contributed by atoms with van der Waals surface area (Å²) in [7, 11) is 0. The van der Waals surface area contributed by atoms with Gasteiger partial charge < -0.3 is 15.7 Å². The molecule has 2 fully saturated rings. The lowest BCUT2D eigenvalue weighted by Gasteiger charge is -2.32. The molecule has 1 saturated carbocycles. The lowest BCUT2D eigenvalue weighted by Crippen LogP contribution is -2.46. The summed E-state index contributed by atoms with van der Waals surface area (Å²) in [6, 6.07) is 2.48. The number of nitrogens with two attached hydrogens (primary N) is 1. The van der Waals surface area contributed by atoms with Gasteiger partial charge in [-0.2, -0.15) is 0 Å². The number of fused-ring (bicyclic) bond motifs is 1. The maximum absolute atomic E-state index is 12.7. The van der Waals surface area contributed by atoms with Crippen LogP contribution in [0.15, 0.2) is 18.3 Å². The molecule has 1 aliphatic heterocycles. The number of aliphatic carboxylic acids is 1. The van der Waals surface area contributed by atoms with E-state index in [1.165, 1.54) is 6.20 Å². The lowest BCUT2D eigenvalue weighted by atomic mass is 9.84. The van der Waals surface area contributed by atoms with Crippen molar-refractivity contribution in [2.45, 2.75) is 44.2 Å². The van der Waals surface area contributed by atoms with Gasteiger partial charge in [-0.15, -0.1) is 0 Å². The summed E-state index contributed by atoms with van der Waals surface area (Å²) < 4.78 is 0. The van der Waals surface area contributed by atoms with Crippen LogP contribution < -0.4 is 5.73 Å². The molecule has 0 spiro atoms. The number of carboxylic acids is 1. The van der Waals surface area contributed by atoms with E-state index in [2.05, 4.69) is 4.98 Å². The van der Waals surface area contributed by atoms with Gasteiger partial charge >= 0.3 is 5.97 Å². The Hall–Kier alpha value is -2.11. The number of hydrogen-bond acceptors (Lipinski definition) is 4. The molecule has 21 heavy (non-hydrogen) atoms. The fourth-order valence-electron chi connectivity index (χ4n) is 3.64. The fraction of sp³-hybridized carbons (Fsp3) is 0.533. The van der Waals surface area contributed by atoms with Gasteiger partial charge in [0.05, 0.1) is 11.9 Å². The first-order valence-corrected chi connectivity index (χ1v) is 7.35. The third-order valence-electron chi connectivity index (χ3n) is 4.61. The van der Waals surface area contributed by atoms with Crippen molar-refractivity contribution in [1.29, 1.82) is 0 Å². The molecule has 1 aliphatic carbocycles. The molecular formula is C15H19N3O3. The van der Waals surface area contributed by atoms with Gasteiger partial charge in [-0.25, -0.2) is 9.78 Å². The molecule has 112 valence electrons. The van der Waals surface area contributed by atoms with Gasteiger partial charge in [-0.05, 0) is 37.3 Å². The predicted molar refractivity (Wildman–Crippen MR) is 76.6 cm³/mol. The van der Waals surface area contributed by atoms with E-state index in [1.54, 1.807) is 17.0 Å². The first-order chi connectivity index (χ1) is 10.1. The second-order valence-corrected chi connectivity index (χ2v) is 5.89. The number of anilines is 1. The molecule has 3 N–H and O–H groups in total. The van der Waals surface area contributed by atoms with Crippen LogP contribution in [-0.2, 0) is 4.79 Å². The molecule has 3 rings (SSSR count). The molecule has 1 saturated heterocycles. The van der Waals surface area contributed by atoms with Gasteiger partial charge in [-0.3, -0.25) is 4.79 Å². The second-order valence-electron chi connectivity index (χ2n) is 5.89. The number of hydrogen-bond donors (Lipinski definition) is 2. The Bertz CT molecular complexity index is 558. The minimum Gasteiger partial charge on any atom is -0.480 e. The molecule has 0 bridgehead atoms. The van der Waals surface area contributed by atoms with Gasteiger partial charge in [0.1, 0.15) is 11.7 Å². The van der Waals surface area contributed by atoms with E-state index in [0.717, 1.165) is 25.7 Å². The number of nitrogen functional groups attached to an aromatic ring is 1. The molecule has 0 aromatic carbocycles. The lowest BCUT2D eigenvalue weighted by molar-refractivity contribution is -0.141. The van der Waals surface area contributed by atoms with Crippen LogP contribution in [0.5, 0.6) is 0 Å². The van der Waals surface area contributed by atoms with Crippen LogP contribution in [0.25, 0.3) is 0 Å². The zero-order chi connectivity index (χ0) is 15.0. The average molecular weight is 289 g/mol. The number of rotatable bonds is 2. The topological polar surface area (TPSA) is 96.5 Å². The fourth-order valence-corrected chi connectivity index (χ4v) is 3.64. The Morgan fingerprint density at radius 3 is 2.71 bits per heavy atom. The van der Waals surface area contributed by atoms with Crippen molar-refractivity contribution in [1.82, 2.24) is 9.88 Å². The molecule has 3 atom stereocenters. The van der Waals surface area contributed by atoms with Crippen molar-refractivity contribution in [3.05, 3.63) is 24.0 Å². The second kappa shape index (κ2) is 5.35. The van der Waals surface area contributed by atoms with Crippen molar-refractivity contribution in [3.63, 3.8) is 0 Å². The summed E-state index contributed by atoms with van der Waals surface area (Å²) in [6.45, 7) is 0. The first kappa shape index (κ1) is 13.9. The standard InChI is InChI=1S/C15H19N3O3/c16-10-5-6-11(17-8-10)14(19)18-12-4-2-1-3-9(12)7-13(18)15(20)21/h5-6,8-9,12-13H,1-4,7,16H2,(H,20,21). The molecule has 6 heteroatoms. The van der Waals surface area contributed by atoms with E-state index in [1.807, 2.05) is 0 Å². The van der Waals surface area contributed by atoms with Gasteiger partial charge in [0.25, 0.3) is 5.91 Å². The highest BCUT2D eigenvalue weighted by Crippen LogP contribution is 2.40. The van der Waals surface area contributed by atoms with Crippen molar-refractivity contribution >= 4 is 17.6 Å². The van der Waals surface area contributed by atoms with E-state index >= 15 is 0 Å². The summed E-state index contributed by atoms with van der Waals surface area (Å²) >= 11 is 0. The van der Waals surface area contributed by atoms with Crippen LogP contribution in [-0.4, -0.2) is 39.0 Å². The van der Waals surface area contributed by atoms with Gasteiger partial charge in [0.2, 0.25) is 0 Å². The molecule has 1 aromatic heterocycles. The van der Waals surface area contributed by atoms with Crippen LogP contribution in [0, 0.1) is 5.92 Å². The number of pyridine rings is 1. The van der Waals surface area contributed by atoms with Crippen molar-refractivity contribution in [2.24, 2.45) is 5.92 Å². The van der Waals surface area contributed by atoms with E-state index in [9.17, 15) is 14.7 Å². The maximum atomic E-state index is 12.7. The smallest absolute Gasteiger partial charge is 0.326 e. The van der Waals surface area contributed by atoms with Crippen LogP contribution in [0.3, 0.4) is 0 Å². The largest absolute Gasteiger partial charge is 0.480 e. The Kier molecular flexibility index (Phi) is 3.53. The van der Waals surface area contributed by atoms with Crippen LogP contribution in [0.4, 0.5) is 5.69 Å². The monoisotopic (exact) mass is 289 g/mol. The zero-order valence-corrected chi connectivity index (χ0v) is 11.7. The summed E-state index contributed by atoms with van der Waals surface area (Å²) in [6.07, 6.45) is 6.04. The number of likely N-dealkylation sites (tertiary alicyclic amines) is 1. The summed E-state index contributed by atoms with van der Waals surface area (Å²) in [5.41, 5.74) is 6.33. The Labute approximate surface area is 123 Å². The van der Waals surface area contributed by atoms with Crippen molar-refractivity contribution in [2.75, 3.05) is 5.73 Å². The molecule has 2 heterocycles. The number of amides is 1. The highest BCUT2D eigenvalue weighted by Gasteiger charge is 2.47. The minimum atomic E-state index is -0.923. The maximum Gasteiger partial charge on any atom is 0.326 e. The Balaban J connectivity index is 1.90. The first-order valence-electron chi connectivity index (χ1n) is 7.35. The quantitative estimate of drug-likeness (QED) is 0.860. The third kappa shape index (κ3) is 2.46. The predicted octanol–water partition coefficient (Wildman–Crippen LogP) is 1.52. The Morgan fingerprint density at radius 1 is 1.29 bits per heavy atom. The molecule has 0 radical (unpaired) electrons. The van der Waals surface area contributed by atoms with Gasteiger partial charge in [-0.1, -0.05) is 12.8 Å². The summed E-state index contributed by atoms with van der Waals surface area (Å²) in [5.74, 6) is -0.914. The molecule has 2 aliphatic rings. The molecule has 1 amide bonds. The van der Waals surface area contributed by atoms with Crippen LogP contribution in [0.2, 0.25) is 0 Å². The normalized spacial score (nSPS) is 28.2. The van der Waals surface area contributed by atoms with Crippen molar-refractivity contribution in [3.8, 4) is 0 Å². The molecule has 1 aromatic rings. The highest BCUT2D eigenvalue weighted by molar-refractivity contribution is 5.95. The summed E-state index contributed by atoms with van der Waals surface area (Å²) in [4.78, 5) is 29.8. The minimum absolute atomic E-state index is 0.0340. The van der Waals surface area contributed by atoms with E-state index in [4.69, 9.17) is 5.73 Å². The molecule has 6 nitrogen and oxygen atoms in total. The zero-order valence-electron chi connectivity index (χ0n) is 11.7. The van der Waals surface area contributed by atoms with E-state index in [-0.39, 0.29) is 17.6 Å². The number of carbonyl (C=O) groups is 2. The number of nitrogens with zero attached hydrogens (tertiary/aromatic N) is 2. The SMILES string of the molecule is Nc1ccc(C(=O)N2C(C(=O)O)CC3CCCCC32)nc1. The number of carboxylic acid groups (broad SMARTS) is 1. The average Bonchev–Trinajstić information content (AvgIpc) is 2.87. The highest BCUT2D eigenvalue weighted by atomic mass is 16.4. The summed E-state index contributed by atoms with van der Waals surface area (Å²) in [5, 5.41) is 9.44. The Morgan fingerprint density at radius 2 is 2.05 bits per heavy atom. The number of carbonyl (C=O) groups excluding carboxylic acids is 1. The molecular weight excluding hydrogens is 270 g/mol.